The summed E-state index contributed by atoms with van der Waals surface area (Å²) in [6, 6.07) is 8.20. The Balaban J connectivity index is 2.15. The van der Waals surface area contributed by atoms with Crippen LogP contribution in [-0.4, -0.2) is 34.6 Å². The predicted molar refractivity (Wildman–Crippen MR) is 61.5 cm³/mol. The second-order valence-corrected chi connectivity index (χ2v) is 3.48. The zero-order valence-electron chi connectivity index (χ0n) is 9.37. The molecule has 0 aliphatic heterocycles. The van der Waals surface area contributed by atoms with Gasteiger partial charge >= 0.3 is 5.97 Å². The molecule has 2 aromatic rings. The van der Waals surface area contributed by atoms with Crippen LogP contribution >= 0.6 is 0 Å². The number of aliphatic hydroxyl groups excluding tert-OH is 1. The monoisotopic (exact) mass is 249 g/mol. The summed E-state index contributed by atoms with van der Waals surface area (Å²) < 4.78 is 10.1. The smallest absolute Gasteiger partial charge is 0.358 e. The van der Waals surface area contributed by atoms with Crippen molar-refractivity contribution in [2.75, 3.05) is 13.2 Å². The summed E-state index contributed by atoms with van der Waals surface area (Å²) in [5.74, 6) is -0.139. The SMILES string of the molecule is O=C(O)c1cc(-c2ccc(OCCO)cc2)on1. The highest BCUT2D eigenvalue weighted by Gasteiger charge is 2.11. The molecule has 0 amide bonds. The Bertz CT molecular complexity index is 532. The molecule has 1 heterocycles. The highest BCUT2D eigenvalue weighted by molar-refractivity contribution is 5.86. The molecular formula is C12H11NO5. The number of nitrogens with zero attached hydrogens (tertiary/aromatic N) is 1. The molecule has 0 fully saturated rings. The minimum atomic E-state index is -1.13. The molecular weight excluding hydrogens is 238 g/mol. The summed E-state index contributed by atoms with van der Waals surface area (Å²) in [7, 11) is 0. The van der Waals surface area contributed by atoms with Gasteiger partial charge in [-0.3, -0.25) is 0 Å². The van der Waals surface area contributed by atoms with Gasteiger partial charge < -0.3 is 19.5 Å². The molecule has 18 heavy (non-hydrogen) atoms. The lowest BCUT2D eigenvalue weighted by Crippen LogP contribution is -2.01. The van der Waals surface area contributed by atoms with Gasteiger partial charge in [0.15, 0.2) is 11.5 Å². The van der Waals surface area contributed by atoms with Gasteiger partial charge in [-0.15, -0.1) is 0 Å². The van der Waals surface area contributed by atoms with Crippen molar-refractivity contribution in [3.8, 4) is 17.1 Å². The summed E-state index contributed by atoms with van der Waals surface area (Å²) in [4.78, 5) is 10.7. The van der Waals surface area contributed by atoms with Crippen LogP contribution in [0.1, 0.15) is 10.5 Å². The number of hydrogen-bond acceptors (Lipinski definition) is 5. The summed E-state index contributed by atoms with van der Waals surface area (Å²) in [5, 5.41) is 20.8. The van der Waals surface area contributed by atoms with Crippen molar-refractivity contribution < 1.29 is 24.3 Å². The number of carbonyl (C=O) groups is 1. The molecule has 94 valence electrons. The Kier molecular flexibility index (Phi) is 3.59. The molecule has 0 atom stereocenters. The second-order valence-electron chi connectivity index (χ2n) is 3.48. The van der Waals surface area contributed by atoms with E-state index in [1.165, 1.54) is 6.07 Å². The molecule has 0 radical (unpaired) electrons. The number of carboxylic acids is 1. The molecule has 1 aromatic carbocycles. The van der Waals surface area contributed by atoms with Gasteiger partial charge in [-0.25, -0.2) is 4.79 Å². The van der Waals surface area contributed by atoms with E-state index in [1.807, 2.05) is 0 Å². The van der Waals surface area contributed by atoms with Crippen molar-refractivity contribution in [1.82, 2.24) is 5.16 Å². The van der Waals surface area contributed by atoms with Crippen molar-refractivity contribution in [2.45, 2.75) is 0 Å². The standard InChI is InChI=1S/C12H11NO5/c14-5-6-17-9-3-1-8(2-4-9)11-7-10(12(15)16)13-18-11/h1-4,7,14H,5-6H2,(H,15,16). The van der Waals surface area contributed by atoms with E-state index in [2.05, 4.69) is 5.16 Å². The molecule has 0 saturated carbocycles. The number of aliphatic hydroxyl groups is 1. The molecule has 0 aliphatic rings. The average Bonchev–Trinajstić information content (AvgIpc) is 2.87. The third kappa shape index (κ3) is 2.67. The highest BCUT2D eigenvalue weighted by atomic mass is 16.5. The Morgan fingerprint density at radius 2 is 2.06 bits per heavy atom. The third-order valence-corrected chi connectivity index (χ3v) is 2.23. The number of ether oxygens (including phenoxy) is 1. The van der Waals surface area contributed by atoms with E-state index in [4.69, 9.17) is 19.5 Å². The van der Waals surface area contributed by atoms with E-state index < -0.39 is 5.97 Å². The summed E-state index contributed by atoms with van der Waals surface area (Å²) in [5.41, 5.74) is 0.567. The normalized spacial score (nSPS) is 10.3. The van der Waals surface area contributed by atoms with E-state index in [-0.39, 0.29) is 18.9 Å². The number of benzene rings is 1. The largest absolute Gasteiger partial charge is 0.491 e. The average molecular weight is 249 g/mol. The Hall–Kier alpha value is -2.34. The van der Waals surface area contributed by atoms with E-state index in [0.29, 0.717) is 17.1 Å². The van der Waals surface area contributed by atoms with Gasteiger partial charge in [-0.05, 0) is 24.3 Å². The van der Waals surface area contributed by atoms with Crippen molar-refractivity contribution in [3.63, 3.8) is 0 Å². The predicted octanol–water partition coefficient (Wildman–Crippen LogP) is 1.41. The number of hydrogen-bond donors (Lipinski definition) is 2. The molecule has 1 aromatic heterocycles. The first-order valence-corrected chi connectivity index (χ1v) is 5.25. The number of aromatic carboxylic acids is 1. The lowest BCUT2D eigenvalue weighted by Gasteiger charge is -2.03. The Morgan fingerprint density at radius 3 is 2.61 bits per heavy atom. The van der Waals surface area contributed by atoms with E-state index in [0.717, 1.165) is 0 Å². The van der Waals surface area contributed by atoms with Crippen LogP contribution in [0.3, 0.4) is 0 Å². The lowest BCUT2D eigenvalue weighted by atomic mass is 10.1. The van der Waals surface area contributed by atoms with Gasteiger partial charge in [-0.1, -0.05) is 5.16 Å². The molecule has 0 aliphatic carbocycles. The topological polar surface area (TPSA) is 92.8 Å². The molecule has 2 rings (SSSR count). The first kappa shape index (κ1) is 12.1. The maximum atomic E-state index is 10.7. The first-order chi connectivity index (χ1) is 8.70. The van der Waals surface area contributed by atoms with Crippen LogP contribution in [0.2, 0.25) is 0 Å². The number of aromatic nitrogens is 1. The van der Waals surface area contributed by atoms with Crippen molar-refractivity contribution in [2.24, 2.45) is 0 Å². The lowest BCUT2D eigenvalue weighted by molar-refractivity contribution is 0.0686. The van der Waals surface area contributed by atoms with Crippen molar-refractivity contribution in [1.29, 1.82) is 0 Å². The molecule has 2 N–H and O–H groups in total. The summed E-state index contributed by atoms with van der Waals surface area (Å²) >= 11 is 0. The Labute approximate surface area is 102 Å². The zero-order chi connectivity index (χ0) is 13.0. The van der Waals surface area contributed by atoms with Gasteiger partial charge in [0, 0.05) is 11.6 Å². The fourth-order valence-corrected chi connectivity index (χ4v) is 1.39. The van der Waals surface area contributed by atoms with Crippen molar-refractivity contribution >= 4 is 5.97 Å². The third-order valence-electron chi connectivity index (χ3n) is 2.23. The van der Waals surface area contributed by atoms with E-state index in [9.17, 15) is 4.79 Å². The molecule has 0 saturated heterocycles. The van der Waals surface area contributed by atoms with Gasteiger partial charge in [0.05, 0.1) is 6.61 Å². The maximum Gasteiger partial charge on any atom is 0.358 e. The summed E-state index contributed by atoms with van der Waals surface area (Å²) in [6.45, 7) is 0.177. The van der Waals surface area contributed by atoms with Crippen LogP contribution in [0.4, 0.5) is 0 Å². The fraction of sp³-hybridized carbons (Fsp3) is 0.167. The highest BCUT2D eigenvalue weighted by Crippen LogP contribution is 2.23. The van der Waals surface area contributed by atoms with Crippen LogP contribution in [-0.2, 0) is 0 Å². The molecule has 0 bridgehead atoms. The Morgan fingerprint density at radius 1 is 1.33 bits per heavy atom. The molecule has 6 nitrogen and oxygen atoms in total. The summed E-state index contributed by atoms with van der Waals surface area (Å²) in [6.07, 6.45) is 0. The molecule has 0 spiro atoms. The van der Waals surface area contributed by atoms with Gasteiger partial charge in [0.2, 0.25) is 0 Å². The van der Waals surface area contributed by atoms with E-state index >= 15 is 0 Å². The number of rotatable bonds is 5. The van der Waals surface area contributed by atoms with E-state index in [1.54, 1.807) is 24.3 Å². The maximum absolute atomic E-state index is 10.7. The molecule has 0 unspecified atom stereocenters. The van der Waals surface area contributed by atoms with Crippen LogP contribution in [0.25, 0.3) is 11.3 Å². The van der Waals surface area contributed by atoms with Crippen LogP contribution in [0.15, 0.2) is 34.9 Å². The number of carboxylic acid groups (broad SMARTS) is 1. The minimum Gasteiger partial charge on any atom is -0.491 e. The first-order valence-electron chi connectivity index (χ1n) is 5.25. The fourth-order valence-electron chi connectivity index (χ4n) is 1.39. The van der Waals surface area contributed by atoms with Crippen LogP contribution in [0, 0.1) is 0 Å². The molecule has 6 heteroatoms. The van der Waals surface area contributed by atoms with Crippen molar-refractivity contribution in [3.05, 3.63) is 36.0 Å². The van der Waals surface area contributed by atoms with Crippen LogP contribution < -0.4 is 4.74 Å². The van der Waals surface area contributed by atoms with Crippen LogP contribution in [0.5, 0.6) is 5.75 Å². The zero-order valence-corrected chi connectivity index (χ0v) is 9.37. The van der Waals surface area contributed by atoms with Gasteiger partial charge in [0.1, 0.15) is 12.4 Å². The van der Waals surface area contributed by atoms with Gasteiger partial charge in [0.25, 0.3) is 0 Å². The second kappa shape index (κ2) is 5.33. The quantitative estimate of drug-likeness (QED) is 0.832. The van der Waals surface area contributed by atoms with Gasteiger partial charge in [-0.2, -0.15) is 0 Å². The minimum absolute atomic E-state index is 0.0498.